The summed E-state index contributed by atoms with van der Waals surface area (Å²) in [5.74, 6) is 0. The lowest BCUT2D eigenvalue weighted by molar-refractivity contribution is -0.174. The van der Waals surface area contributed by atoms with Crippen LogP contribution >= 0.6 is 0 Å². The Labute approximate surface area is 102 Å². The Morgan fingerprint density at radius 1 is 1.29 bits per heavy atom. The fraction of sp³-hybridized carbons (Fsp3) is 1.00. The van der Waals surface area contributed by atoms with E-state index in [2.05, 4.69) is 9.80 Å². The summed E-state index contributed by atoms with van der Waals surface area (Å²) in [6, 6.07) is -0.538. The zero-order valence-electron chi connectivity index (χ0n) is 10.7. The average Bonchev–Trinajstić information content (AvgIpc) is 2.70. The predicted octanol–water partition coefficient (Wildman–Crippen LogP) is -1.71. The van der Waals surface area contributed by atoms with Crippen LogP contribution in [0.2, 0.25) is 0 Å². The van der Waals surface area contributed by atoms with Crippen molar-refractivity contribution in [1.82, 2.24) is 9.80 Å². The lowest BCUT2D eigenvalue weighted by Gasteiger charge is -2.41. The standard InChI is InChI=1S/C11H23N3O3/c1-13(2)4-5-14(3)9-10(15)8(12)7-6-16-11(9)17-7/h7-11,15H,4-6,12H2,1-3H3. The van der Waals surface area contributed by atoms with Gasteiger partial charge < -0.3 is 25.2 Å². The first kappa shape index (κ1) is 13.2. The normalized spacial score (nSPS) is 41.5. The largest absolute Gasteiger partial charge is 0.390 e. The Kier molecular flexibility index (Phi) is 4.02. The zero-order chi connectivity index (χ0) is 12.6. The molecular weight excluding hydrogens is 222 g/mol. The van der Waals surface area contributed by atoms with Gasteiger partial charge in [0.15, 0.2) is 6.29 Å². The highest BCUT2D eigenvalue weighted by molar-refractivity contribution is 4.99. The molecule has 3 N–H and O–H groups in total. The molecule has 5 unspecified atom stereocenters. The molecule has 2 saturated heterocycles. The third-order valence-corrected chi connectivity index (χ3v) is 3.59. The number of nitrogens with zero attached hydrogens (tertiary/aromatic N) is 2. The number of rotatable bonds is 4. The van der Waals surface area contributed by atoms with E-state index in [1.807, 2.05) is 21.1 Å². The number of likely N-dealkylation sites (N-methyl/N-ethyl adjacent to an activating group) is 2. The summed E-state index contributed by atoms with van der Waals surface area (Å²) in [6.45, 7) is 2.25. The SMILES string of the molecule is CN(C)CCN(C)C1C2OCC(O2)C(N)C1O. The van der Waals surface area contributed by atoms with Gasteiger partial charge in [-0.2, -0.15) is 0 Å². The molecule has 0 aromatic heterocycles. The minimum absolute atomic E-state index is 0.159. The zero-order valence-corrected chi connectivity index (χ0v) is 10.7. The lowest BCUT2D eigenvalue weighted by Crippen LogP contribution is -2.63. The highest BCUT2D eigenvalue weighted by Gasteiger charge is 2.49. The van der Waals surface area contributed by atoms with Crippen molar-refractivity contribution in [3.63, 3.8) is 0 Å². The first-order valence-electron chi connectivity index (χ1n) is 6.06. The molecule has 5 atom stereocenters. The molecule has 2 heterocycles. The third-order valence-electron chi connectivity index (χ3n) is 3.59. The second-order valence-electron chi connectivity index (χ2n) is 5.22. The number of aliphatic hydroxyl groups is 1. The monoisotopic (exact) mass is 245 g/mol. The van der Waals surface area contributed by atoms with E-state index >= 15 is 0 Å². The van der Waals surface area contributed by atoms with E-state index in [0.717, 1.165) is 13.1 Å². The Balaban J connectivity index is 1.98. The molecule has 6 heteroatoms. The van der Waals surface area contributed by atoms with E-state index in [4.69, 9.17) is 15.2 Å². The molecule has 0 radical (unpaired) electrons. The Morgan fingerprint density at radius 2 is 2.00 bits per heavy atom. The third kappa shape index (κ3) is 2.62. The minimum atomic E-state index is -0.589. The van der Waals surface area contributed by atoms with Crippen LogP contribution in [0.15, 0.2) is 0 Å². The summed E-state index contributed by atoms with van der Waals surface area (Å²) in [6.07, 6.45) is -1.09. The summed E-state index contributed by atoms with van der Waals surface area (Å²) in [5, 5.41) is 10.2. The van der Waals surface area contributed by atoms with Crippen LogP contribution in [-0.4, -0.2) is 86.3 Å². The summed E-state index contributed by atoms with van der Waals surface area (Å²) >= 11 is 0. The highest BCUT2D eigenvalue weighted by Crippen LogP contribution is 2.29. The summed E-state index contributed by atoms with van der Waals surface area (Å²) < 4.78 is 11.2. The van der Waals surface area contributed by atoms with E-state index in [0.29, 0.717) is 6.61 Å². The van der Waals surface area contributed by atoms with Crippen LogP contribution in [0.5, 0.6) is 0 Å². The van der Waals surface area contributed by atoms with Crippen molar-refractivity contribution in [3.05, 3.63) is 0 Å². The number of fused-ring (bicyclic) bond motifs is 2. The summed E-state index contributed by atoms with van der Waals surface area (Å²) in [4.78, 5) is 4.17. The van der Waals surface area contributed by atoms with Gasteiger partial charge in [0, 0.05) is 13.1 Å². The van der Waals surface area contributed by atoms with Crippen LogP contribution in [0.4, 0.5) is 0 Å². The molecule has 17 heavy (non-hydrogen) atoms. The molecule has 0 aliphatic carbocycles. The Morgan fingerprint density at radius 3 is 2.65 bits per heavy atom. The first-order valence-corrected chi connectivity index (χ1v) is 6.06. The van der Waals surface area contributed by atoms with E-state index in [1.54, 1.807) is 0 Å². The second-order valence-corrected chi connectivity index (χ2v) is 5.22. The van der Waals surface area contributed by atoms with Crippen LogP contribution in [0.1, 0.15) is 0 Å². The van der Waals surface area contributed by atoms with Gasteiger partial charge in [-0.05, 0) is 21.1 Å². The number of aliphatic hydroxyl groups excluding tert-OH is 1. The van der Waals surface area contributed by atoms with Crippen molar-refractivity contribution in [2.24, 2.45) is 5.73 Å². The van der Waals surface area contributed by atoms with Crippen molar-refractivity contribution < 1.29 is 14.6 Å². The fourth-order valence-electron chi connectivity index (χ4n) is 2.41. The quantitative estimate of drug-likeness (QED) is 0.615. The minimum Gasteiger partial charge on any atom is -0.390 e. The van der Waals surface area contributed by atoms with Gasteiger partial charge in [-0.15, -0.1) is 0 Å². The van der Waals surface area contributed by atoms with Gasteiger partial charge in [0.05, 0.1) is 24.8 Å². The summed E-state index contributed by atoms with van der Waals surface area (Å²) in [7, 11) is 6.01. The maximum absolute atomic E-state index is 10.2. The van der Waals surface area contributed by atoms with E-state index < -0.39 is 6.10 Å². The van der Waals surface area contributed by atoms with Crippen LogP contribution < -0.4 is 5.73 Å². The van der Waals surface area contributed by atoms with Crippen LogP contribution in [0.25, 0.3) is 0 Å². The maximum atomic E-state index is 10.2. The molecule has 2 aliphatic rings. The first-order chi connectivity index (χ1) is 8.00. The second kappa shape index (κ2) is 5.17. The summed E-state index contributed by atoms with van der Waals surface area (Å²) in [5.41, 5.74) is 5.95. The number of nitrogens with two attached hydrogens (primary N) is 1. The van der Waals surface area contributed by atoms with Gasteiger partial charge in [-0.1, -0.05) is 0 Å². The van der Waals surface area contributed by atoms with Gasteiger partial charge in [0.1, 0.15) is 6.10 Å². The van der Waals surface area contributed by atoms with E-state index in [-0.39, 0.29) is 24.5 Å². The molecular formula is C11H23N3O3. The number of hydrogen-bond donors (Lipinski definition) is 2. The smallest absolute Gasteiger partial charge is 0.176 e. The van der Waals surface area contributed by atoms with Crippen molar-refractivity contribution in [2.45, 2.75) is 30.6 Å². The topological polar surface area (TPSA) is 71.2 Å². The molecule has 0 spiro atoms. The average molecular weight is 245 g/mol. The Hall–Kier alpha value is -0.240. The molecule has 0 saturated carbocycles. The molecule has 2 aliphatic heterocycles. The molecule has 2 rings (SSSR count). The Bertz CT molecular complexity index is 264. The van der Waals surface area contributed by atoms with Crippen LogP contribution in [-0.2, 0) is 9.47 Å². The highest BCUT2D eigenvalue weighted by atomic mass is 16.7. The van der Waals surface area contributed by atoms with Gasteiger partial charge in [0.2, 0.25) is 0 Å². The van der Waals surface area contributed by atoms with Crippen LogP contribution in [0, 0.1) is 0 Å². The van der Waals surface area contributed by atoms with Crippen molar-refractivity contribution in [2.75, 3.05) is 40.8 Å². The molecule has 2 bridgehead atoms. The van der Waals surface area contributed by atoms with Crippen molar-refractivity contribution >= 4 is 0 Å². The lowest BCUT2D eigenvalue weighted by atomic mass is 9.96. The molecule has 0 aromatic carbocycles. The van der Waals surface area contributed by atoms with Crippen molar-refractivity contribution in [1.29, 1.82) is 0 Å². The number of hydrogen-bond acceptors (Lipinski definition) is 6. The molecule has 0 amide bonds. The molecule has 2 fully saturated rings. The van der Waals surface area contributed by atoms with Gasteiger partial charge in [-0.25, -0.2) is 0 Å². The van der Waals surface area contributed by atoms with Crippen LogP contribution in [0.3, 0.4) is 0 Å². The molecule has 100 valence electrons. The predicted molar refractivity (Wildman–Crippen MR) is 63.6 cm³/mol. The van der Waals surface area contributed by atoms with Gasteiger partial charge >= 0.3 is 0 Å². The maximum Gasteiger partial charge on any atom is 0.176 e. The molecule has 0 aromatic rings. The fourth-order valence-corrected chi connectivity index (χ4v) is 2.41. The number of ether oxygens (including phenoxy) is 2. The van der Waals surface area contributed by atoms with E-state index in [1.165, 1.54) is 0 Å². The van der Waals surface area contributed by atoms with Gasteiger partial charge in [-0.3, -0.25) is 4.90 Å². The molecule has 6 nitrogen and oxygen atoms in total. The van der Waals surface area contributed by atoms with Gasteiger partial charge in [0.25, 0.3) is 0 Å². The van der Waals surface area contributed by atoms with Crippen molar-refractivity contribution in [3.8, 4) is 0 Å². The van der Waals surface area contributed by atoms with E-state index in [9.17, 15) is 5.11 Å².